The van der Waals surface area contributed by atoms with Crippen molar-refractivity contribution in [2.24, 2.45) is 4.99 Å². The molecule has 96 valence electrons. The fraction of sp³-hybridized carbons (Fsp3) is 0.0625. The Labute approximate surface area is 116 Å². The van der Waals surface area contributed by atoms with Gasteiger partial charge in [0, 0.05) is 18.1 Å². The van der Waals surface area contributed by atoms with Crippen molar-refractivity contribution in [2.75, 3.05) is 5.32 Å². The van der Waals surface area contributed by atoms with Crippen LogP contribution in [-0.2, 0) is 6.54 Å². The Morgan fingerprint density at radius 1 is 0.900 bits per heavy atom. The average Bonchev–Trinajstić information content (AvgIpc) is 2.91. The molecule has 1 aromatic heterocycles. The van der Waals surface area contributed by atoms with Gasteiger partial charge in [0.25, 0.3) is 0 Å². The van der Waals surface area contributed by atoms with Gasteiger partial charge in [-0.3, -0.25) is 9.98 Å². The van der Waals surface area contributed by atoms with Crippen LogP contribution < -0.4 is 5.32 Å². The second-order valence-electron chi connectivity index (χ2n) is 4.70. The molecule has 0 aliphatic carbocycles. The lowest BCUT2D eigenvalue weighted by Crippen LogP contribution is -2.13. The van der Waals surface area contributed by atoms with Gasteiger partial charge in [0.2, 0.25) is 0 Å². The van der Waals surface area contributed by atoms with Crippen LogP contribution in [0.15, 0.2) is 59.9 Å². The van der Waals surface area contributed by atoms with E-state index < -0.39 is 0 Å². The second kappa shape index (κ2) is 4.42. The molecule has 1 aliphatic heterocycles. The molecular weight excluding hydrogens is 248 g/mol. The Morgan fingerprint density at radius 3 is 2.70 bits per heavy atom. The predicted molar refractivity (Wildman–Crippen MR) is 79.8 cm³/mol. The summed E-state index contributed by atoms with van der Waals surface area (Å²) in [6.07, 6.45) is 3.40. The molecule has 0 atom stereocenters. The first kappa shape index (κ1) is 11.1. The van der Waals surface area contributed by atoms with Gasteiger partial charge in [-0.15, -0.1) is 0 Å². The maximum atomic E-state index is 4.46. The maximum absolute atomic E-state index is 4.46. The summed E-state index contributed by atoms with van der Waals surface area (Å²) >= 11 is 0. The summed E-state index contributed by atoms with van der Waals surface area (Å²) in [4.78, 5) is 13.1. The second-order valence-corrected chi connectivity index (χ2v) is 4.70. The molecule has 4 heteroatoms. The number of aliphatic imine (C=N–C) groups is 1. The molecule has 0 spiro atoms. The Morgan fingerprint density at radius 2 is 1.75 bits per heavy atom. The molecule has 3 aromatic rings. The summed E-state index contributed by atoms with van der Waals surface area (Å²) in [6.45, 7) is 0.596. The SMILES string of the molecule is c1ccc2cc(NC3=NCc4nccnc43)ccc2c1. The van der Waals surface area contributed by atoms with E-state index in [9.17, 15) is 0 Å². The summed E-state index contributed by atoms with van der Waals surface area (Å²) in [6, 6.07) is 14.6. The van der Waals surface area contributed by atoms with Crippen LogP contribution in [0.2, 0.25) is 0 Å². The first-order chi connectivity index (χ1) is 9.90. The zero-order chi connectivity index (χ0) is 13.4. The van der Waals surface area contributed by atoms with Crippen LogP contribution in [0.1, 0.15) is 11.4 Å². The van der Waals surface area contributed by atoms with Gasteiger partial charge in [-0.25, -0.2) is 4.98 Å². The van der Waals surface area contributed by atoms with E-state index in [0.29, 0.717) is 6.54 Å². The molecule has 1 N–H and O–H groups in total. The normalized spacial score (nSPS) is 13.1. The lowest BCUT2D eigenvalue weighted by molar-refractivity contribution is 0.998. The molecular formula is C16H12N4. The smallest absolute Gasteiger partial charge is 0.154 e. The standard InChI is InChI=1S/C16H12N4/c1-2-4-12-9-13(6-5-11(12)3-1)20-16-15-14(10-19-16)17-7-8-18-15/h1-9H,10H2,(H,19,20). The Kier molecular flexibility index (Phi) is 2.45. The van der Waals surface area contributed by atoms with E-state index in [0.717, 1.165) is 22.9 Å². The highest BCUT2D eigenvalue weighted by Crippen LogP contribution is 2.21. The van der Waals surface area contributed by atoms with E-state index in [4.69, 9.17) is 0 Å². The fourth-order valence-electron chi connectivity index (χ4n) is 2.41. The van der Waals surface area contributed by atoms with Crippen LogP contribution in [0.4, 0.5) is 5.69 Å². The number of amidine groups is 1. The minimum absolute atomic E-state index is 0.596. The number of benzene rings is 2. The van der Waals surface area contributed by atoms with Gasteiger partial charge in [-0.2, -0.15) is 0 Å². The molecule has 2 aromatic carbocycles. The number of anilines is 1. The number of hydrogen-bond donors (Lipinski definition) is 1. The molecule has 0 bridgehead atoms. The van der Waals surface area contributed by atoms with Gasteiger partial charge < -0.3 is 5.32 Å². The van der Waals surface area contributed by atoms with E-state index in [-0.39, 0.29) is 0 Å². The molecule has 4 rings (SSSR count). The third-order valence-corrected chi connectivity index (χ3v) is 3.40. The summed E-state index contributed by atoms with van der Waals surface area (Å²) in [5, 5.41) is 5.77. The molecule has 2 heterocycles. The average molecular weight is 260 g/mol. The Balaban J connectivity index is 1.69. The zero-order valence-electron chi connectivity index (χ0n) is 10.7. The lowest BCUT2D eigenvalue weighted by Gasteiger charge is -2.07. The van der Waals surface area contributed by atoms with Crippen LogP contribution in [0.5, 0.6) is 0 Å². The molecule has 20 heavy (non-hydrogen) atoms. The van der Waals surface area contributed by atoms with Gasteiger partial charge in [0.1, 0.15) is 5.69 Å². The van der Waals surface area contributed by atoms with Crippen LogP contribution >= 0.6 is 0 Å². The number of nitrogens with zero attached hydrogens (tertiary/aromatic N) is 3. The minimum atomic E-state index is 0.596. The summed E-state index contributed by atoms with van der Waals surface area (Å²) in [5.74, 6) is 0.795. The summed E-state index contributed by atoms with van der Waals surface area (Å²) in [5.41, 5.74) is 2.79. The number of nitrogens with one attached hydrogen (secondary N) is 1. The summed E-state index contributed by atoms with van der Waals surface area (Å²) in [7, 11) is 0. The van der Waals surface area contributed by atoms with Crippen LogP contribution in [0.3, 0.4) is 0 Å². The van der Waals surface area contributed by atoms with E-state index in [1.54, 1.807) is 12.4 Å². The molecule has 1 aliphatic rings. The van der Waals surface area contributed by atoms with Crippen molar-refractivity contribution >= 4 is 22.3 Å². The molecule has 4 nitrogen and oxygen atoms in total. The minimum Gasteiger partial charge on any atom is -0.339 e. The summed E-state index contributed by atoms with van der Waals surface area (Å²) < 4.78 is 0. The van der Waals surface area contributed by atoms with Crippen molar-refractivity contribution in [3.8, 4) is 0 Å². The van der Waals surface area contributed by atoms with Crippen LogP contribution in [0, 0.1) is 0 Å². The van der Waals surface area contributed by atoms with Gasteiger partial charge in [0.05, 0.1) is 12.2 Å². The zero-order valence-corrected chi connectivity index (χ0v) is 10.7. The number of hydrogen-bond acceptors (Lipinski definition) is 4. The van der Waals surface area contributed by atoms with Crippen molar-refractivity contribution in [1.29, 1.82) is 0 Å². The largest absolute Gasteiger partial charge is 0.339 e. The number of fused-ring (bicyclic) bond motifs is 2. The van der Waals surface area contributed by atoms with Crippen molar-refractivity contribution in [2.45, 2.75) is 6.54 Å². The molecule has 0 amide bonds. The third kappa shape index (κ3) is 1.82. The van der Waals surface area contributed by atoms with Crippen molar-refractivity contribution in [3.05, 3.63) is 66.2 Å². The third-order valence-electron chi connectivity index (χ3n) is 3.40. The lowest BCUT2D eigenvalue weighted by atomic mass is 10.1. The highest BCUT2D eigenvalue weighted by Gasteiger charge is 2.18. The first-order valence-electron chi connectivity index (χ1n) is 6.51. The Hall–Kier alpha value is -2.75. The Bertz CT molecular complexity index is 823. The van der Waals surface area contributed by atoms with E-state index in [1.165, 1.54) is 10.8 Å². The quantitative estimate of drug-likeness (QED) is 0.731. The maximum Gasteiger partial charge on any atom is 0.154 e. The van der Waals surface area contributed by atoms with Crippen molar-refractivity contribution < 1.29 is 0 Å². The van der Waals surface area contributed by atoms with E-state index in [2.05, 4.69) is 50.6 Å². The number of aromatic nitrogens is 2. The highest BCUT2D eigenvalue weighted by atomic mass is 15.1. The monoisotopic (exact) mass is 260 g/mol. The van der Waals surface area contributed by atoms with E-state index >= 15 is 0 Å². The van der Waals surface area contributed by atoms with E-state index in [1.807, 2.05) is 12.1 Å². The van der Waals surface area contributed by atoms with Gasteiger partial charge in [-0.05, 0) is 22.9 Å². The fourth-order valence-corrected chi connectivity index (χ4v) is 2.41. The molecule has 0 unspecified atom stereocenters. The molecule has 0 fully saturated rings. The van der Waals surface area contributed by atoms with Crippen LogP contribution in [-0.4, -0.2) is 15.8 Å². The van der Waals surface area contributed by atoms with Gasteiger partial charge in [-0.1, -0.05) is 30.3 Å². The molecule has 0 saturated heterocycles. The highest BCUT2D eigenvalue weighted by molar-refractivity contribution is 6.09. The topological polar surface area (TPSA) is 50.2 Å². The molecule has 0 radical (unpaired) electrons. The number of rotatable bonds is 1. The van der Waals surface area contributed by atoms with Gasteiger partial charge >= 0.3 is 0 Å². The predicted octanol–water partition coefficient (Wildman–Crippen LogP) is 3.00. The van der Waals surface area contributed by atoms with Crippen LogP contribution in [0.25, 0.3) is 10.8 Å². The van der Waals surface area contributed by atoms with Crippen molar-refractivity contribution in [3.63, 3.8) is 0 Å². The molecule has 0 saturated carbocycles. The first-order valence-corrected chi connectivity index (χ1v) is 6.51. The van der Waals surface area contributed by atoms with Gasteiger partial charge in [0.15, 0.2) is 5.84 Å². The van der Waals surface area contributed by atoms with Crippen molar-refractivity contribution in [1.82, 2.24) is 9.97 Å².